The highest BCUT2D eigenvalue weighted by Crippen LogP contribution is 2.35. The van der Waals surface area contributed by atoms with Crippen molar-refractivity contribution >= 4 is 11.9 Å². The number of nitrogen functional groups attached to an aromatic ring is 1. The van der Waals surface area contributed by atoms with Gasteiger partial charge in [0.2, 0.25) is 11.9 Å². The van der Waals surface area contributed by atoms with Crippen molar-refractivity contribution in [3.05, 3.63) is 5.82 Å². The zero-order valence-corrected chi connectivity index (χ0v) is 12.9. The highest BCUT2D eigenvalue weighted by Gasteiger charge is 2.42. The number of anilines is 2. The zero-order valence-electron chi connectivity index (χ0n) is 12.9. The minimum Gasteiger partial charge on any atom is -0.368 e. The van der Waals surface area contributed by atoms with Gasteiger partial charge >= 0.3 is 6.18 Å². The number of likely N-dealkylation sites (tertiary alicyclic amines) is 1. The number of rotatable bonds is 3. The van der Waals surface area contributed by atoms with Crippen LogP contribution in [0.15, 0.2) is 0 Å². The van der Waals surface area contributed by atoms with E-state index in [0.29, 0.717) is 24.7 Å². The number of nitrogens with zero attached hydrogens (tertiary/aromatic N) is 5. The third-order valence-electron chi connectivity index (χ3n) is 3.90. The van der Waals surface area contributed by atoms with Gasteiger partial charge in [-0.1, -0.05) is 0 Å². The SMILES string of the molecule is C[C@@H](c1nc(N)nc(N(C)C)n1)N1CCC[C@@H](C(F)(F)F)C1. The van der Waals surface area contributed by atoms with Crippen LogP contribution < -0.4 is 10.6 Å². The largest absolute Gasteiger partial charge is 0.393 e. The Labute approximate surface area is 127 Å². The van der Waals surface area contributed by atoms with E-state index in [4.69, 9.17) is 5.73 Å². The lowest BCUT2D eigenvalue weighted by molar-refractivity contribution is -0.188. The summed E-state index contributed by atoms with van der Waals surface area (Å²) in [6, 6.07) is -0.339. The van der Waals surface area contributed by atoms with Crippen molar-refractivity contribution in [3.8, 4) is 0 Å². The molecule has 2 heterocycles. The fraction of sp³-hybridized carbons (Fsp3) is 0.769. The second kappa shape index (κ2) is 6.23. The van der Waals surface area contributed by atoms with E-state index in [1.807, 2.05) is 0 Å². The Morgan fingerprint density at radius 3 is 2.55 bits per heavy atom. The van der Waals surface area contributed by atoms with E-state index in [-0.39, 0.29) is 25.0 Å². The third-order valence-corrected chi connectivity index (χ3v) is 3.90. The van der Waals surface area contributed by atoms with Gasteiger partial charge in [0.05, 0.1) is 12.0 Å². The van der Waals surface area contributed by atoms with E-state index in [1.54, 1.807) is 30.8 Å². The van der Waals surface area contributed by atoms with Crippen molar-refractivity contribution in [1.82, 2.24) is 19.9 Å². The summed E-state index contributed by atoms with van der Waals surface area (Å²) in [5.41, 5.74) is 5.67. The number of halogens is 3. The van der Waals surface area contributed by atoms with Crippen LogP contribution in [-0.4, -0.2) is 53.2 Å². The summed E-state index contributed by atoms with van der Waals surface area (Å²) in [5, 5.41) is 0. The van der Waals surface area contributed by atoms with E-state index in [9.17, 15) is 13.2 Å². The minimum absolute atomic E-state index is 0.0342. The number of piperidine rings is 1. The van der Waals surface area contributed by atoms with E-state index in [0.717, 1.165) is 0 Å². The normalized spacial score (nSPS) is 21.6. The Bertz CT molecular complexity index is 519. The fourth-order valence-electron chi connectivity index (χ4n) is 2.57. The van der Waals surface area contributed by atoms with Crippen LogP contribution in [0.1, 0.15) is 31.6 Å². The lowest BCUT2D eigenvalue weighted by Gasteiger charge is -2.36. The highest BCUT2D eigenvalue weighted by molar-refractivity contribution is 5.33. The van der Waals surface area contributed by atoms with Gasteiger partial charge in [-0.3, -0.25) is 4.90 Å². The molecule has 2 rings (SSSR count). The third kappa shape index (κ3) is 3.76. The Hall–Kier alpha value is -1.64. The molecule has 0 aromatic carbocycles. The molecule has 0 saturated carbocycles. The second-order valence-electron chi connectivity index (χ2n) is 5.80. The van der Waals surface area contributed by atoms with E-state index in [1.165, 1.54) is 0 Å². The molecule has 6 nitrogen and oxygen atoms in total. The lowest BCUT2D eigenvalue weighted by Crippen LogP contribution is -2.43. The van der Waals surface area contributed by atoms with Crippen LogP contribution in [0, 0.1) is 5.92 Å². The van der Waals surface area contributed by atoms with Crippen LogP contribution in [0.5, 0.6) is 0 Å². The molecule has 1 aliphatic rings. The Kier molecular flexibility index (Phi) is 4.74. The minimum atomic E-state index is -4.16. The first-order valence-electron chi connectivity index (χ1n) is 7.18. The molecule has 0 aliphatic carbocycles. The molecule has 0 bridgehead atoms. The van der Waals surface area contributed by atoms with Gasteiger partial charge in [0.15, 0.2) is 5.82 Å². The van der Waals surface area contributed by atoms with Crippen molar-refractivity contribution < 1.29 is 13.2 Å². The Morgan fingerprint density at radius 2 is 1.95 bits per heavy atom. The molecule has 124 valence electrons. The molecule has 1 aromatic rings. The van der Waals surface area contributed by atoms with Crippen LogP contribution in [0.3, 0.4) is 0 Å². The van der Waals surface area contributed by atoms with Crippen LogP contribution in [0.4, 0.5) is 25.1 Å². The molecule has 0 unspecified atom stereocenters. The van der Waals surface area contributed by atoms with Gasteiger partial charge in [-0.2, -0.15) is 28.1 Å². The van der Waals surface area contributed by atoms with Gasteiger partial charge < -0.3 is 10.6 Å². The van der Waals surface area contributed by atoms with Gasteiger partial charge in [-0.15, -0.1) is 0 Å². The van der Waals surface area contributed by atoms with Crippen molar-refractivity contribution in [3.63, 3.8) is 0 Å². The number of hydrogen-bond acceptors (Lipinski definition) is 6. The van der Waals surface area contributed by atoms with Crippen molar-refractivity contribution in [1.29, 1.82) is 0 Å². The zero-order chi connectivity index (χ0) is 16.5. The monoisotopic (exact) mass is 318 g/mol. The molecule has 0 spiro atoms. The maximum atomic E-state index is 12.9. The number of nitrogens with two attached hydrogens (primary N) is 1. The van der Waals surface area contributed by atoms with Gasteiger partial charge in [0, 0.05) is 20.6 Å². The number of aromatic nitrogens is 3. The van der Waals surface area contributed by atoms with Gasteiger partial charge in [-0.05, 0) is 26.3 Å². The highest BCUT2D eigenvalue weighted by atomic mass is 19.4. The molecule has 2 atom stereocenters. The predicted molar refractivity (Wildman–Crippen MR) is 77.3 cm³/mol. The van der Waals surface area contributed by atoms with E-state index in [2.05, 4.69) is 15.0 Å². The second-order valence-corrected chi connectivity index (χ2v) is 5.80. The first kappa shape index (κ1) is 16.7. The Balaban J connectivity index is 2.19. The first-order chi connectivity index (χ1) is 10.2. The molecule has 2 N–H and O–H groups in total. The van der Waals surface area contributed by atoms with Gasteiger partial charge in [-0.25, -0.2) is 0 Å². The van der Waals surface area contributed by atoms with E-state index >= 15 is 0 Å². The molecular weight excluding hydrogens is 297 g/mol. The predicted octanol–water partition coefficient (Wildman–Crippen LogP) is 1.86. The maximum absolute atomic E-state index is 12.9. The standard InChI is InChI=1S/C13H21F3N6/c1-8(10-18-11(17)20-12(19-10)21(2)3)22-6-4-5-9(7-22)13(14,15)16/h8-9H,4-7H2,1-3H3,(H2,17,18,19,20)/t8-,9+/m0/s1. The first-order valence-corrected chi connectivity index (χ1v) is 7.18. The summed E-state index contributed by atoms with van der Waals surface area (Å²) >= 11 is 0. The van der Waals surface area contributed by atoms with Crippen molar-refractivity contribution in [2.75, 3.05) is 37.8 Å². The topological polar surface area (TPSA) is 71.2 Å². The molecule has 0 amide bonds. The fourth-order valence-corrected chi connectivity index (χ4v) is 2.57. The summed E-state index contributed by atoms with van der Waals surface area (Å²) in [7, 11) is 3.54. The molecule has 9 heteroatoms. The summed E-state index contributed by atoms with van der Waals surface area (Å²) < 4.78 is 38.8. The lowest BCUT2D eigenvalue weighted by atomic mass is 9.96. The maximum Gasteiger partial charge on any atom is 0.393 e. The summed E-state index contributed by atoms with van der Waals surface area (Å²) in [5.74, 6) is -0.418. The Morgan fingerprint density at radius 1 is 1.27 bits per heavy atom. The smallest absolute Gasteiger partial charge is 0.368 e. The molecule has 1 aliphatic heterocycles. The summed E-state index contributed by atoms with van der Waals surface area (Å²) in [6.07, 6.45) is -3.48. The van der Waals surface area contributed by atoms with E-state index < -0.39 is 12.1 Å². The van der Waals surface area contributed by atoms with Gasteiger partial charge in [0.1, 0.15) is 0 Å². The van der Waals surface area contributed by atoms with Gasteiger partial charge in [0.25, 0.3) is 0 Å². The van der Waals surface area contributed by atoms with Crippen molar-refractivity contribution in [2.45, 2.75) is 32.0 Å². The molecule has 22 heavy (non-hydrogen) atoms. The van der Waals surface area contributed by atoms with Crippen molar-refractivity contribution in [2.24, 2.45) is 5.92 Å². The van der Waals surface area contributed by atoms with Crippen LogP contribution >= 0.6 is 0 Å². The molecule has 1 saturated heterocycles. The average molecular weight is 318 g/mol. The molecule has 1 aromatic heterocycles. The summed E-state index contributed by atoms with van der Waals surface area (Å²) in [6.45, 7) is 2.36. The number of hydrogen-bond donors (Lipinski definition) is 1. The molecular formula is C13H21F3N6. The van der Waals surface area contributed by atoms with Crippen LogP contribution in [-0.2, 0) is 0 Å². The molecule has 1 fully saturated rings. The number of alkyl halides is 3. The molecule has 0 radical (unpaired) electrons. The van der Waals surface area contributed by atoms with Crippen LogP contribution in [0.25, 0.3) is 0 Å². The summed E-state index contributed by atoms with van der Waals surface area (Å²) in [4.78, 5) is 15.8. The van der Waals surface area contributed by atoms with Crippen LogP contribution in [0.2, 0.25) is 0 Å². The quantitative estimate of drug-likeness (QED) is 0.917. The average Bonchev–Trinajstić information content (AvgIpc) is 2.45.